The van der Waals surface area contributed by atoms with Crippen LogP contribution in [-0.2, 0) is 6.42 Å². The number of nitro groups is 1. The van der Waals surface area contributed by atoms with E-state index in [2.05, 4.69) is 4.99 Å². The van der Waals surface area contributed by atoms with Crippen LogP contribution in [0.5, 0.6) is 5.75 Å². The van der Waals surface area contributed by atoms with Gasteiger partial charge in [0.2, 0.25) is 0 Å². The van der Waals surface area contributed by atoms with Gasteiger partial charge in [0.1, 0.15) is 17.1 Å². The molecule has 0 bridgehead atoms. The highest BCUT2D eigenvalue weighted by molar-refractivity contribution is 8.01. The summed E-state index contributed by atoms with van der Waals surface area (Å²) in [6.45, 7) is 1.59. The van der Waals surface area contributed by atoms with Gasteiger partial charge in [-0.25, -0.2) is 4.79 Å². The summed E-state index contributed by atoms with van der Waals surface area (Å²) in [5, 5.41) is 21.0. The van der Waals surface area contributed by atoms with Crippen LogP contribution >= 0.6 is 11.8 Å². The maximum atomic E-state index is 12.5. The average Bonchev–Trinajstić information content (AvgIpc) is 2.68. The smallest absolute Gasteiger partial charge is 0.348 e. The van der Waals surface area contributed by atoms with E-state index in [0.717, 1.165) is 10.5 Å². The summed E-state index contributed by atoms with van der Waals surface area (Å²) in [4.78, 5) is 28.6. The molecule has 2 aromatic carbocycles. The number of nitro benzene ring substituents is 1. The van der Waals surface area contributed by atoms with Crippen molar-refractivity contribution < 1.29 is 14.4 Å². The van der Waals surface area contributed by atoms with Gasteiger partial charge in [-0.2, -0.15) is 0 Å². The van der Waals surface area contributed by atoms with Crippen molar-refractivity contribution in [2.75, 3.05) is 0 Å². The third kappa shape index (κ3) is 3.79. The van der Waals surface area contributed by atoms with Crippen molar-refractivity contribution in [3.63, 3.8) is 0 Å². The van der Waals surface area contributed by atoms with Gasteiger partial charge in [-0.3, -0.25) is 15.1 Å². The standard InChI is InChI=1S/C21H16N2O5S/c1-12-10-16(24)19(21(25)28-12)20-18(29-17-5-3-2-4-15(17)22-20)11-13-6-8-14(9-7-13)23(26)27/h2-10,18,24H,11H2,1H3. The molecule has 1 aromatic heterocycles. The van der Waals surface area contributed by atoms with Crippen molar-refractivity contribution in [1.82, 2.24) is 0 Å². The van der Waals surface area contributed by atoms with Crippen LogP contribution in [0, 0.1) is 17.0 Å². The predicted octanol–water partition coefficient (Wildman–Crippen LogP) is 4.40. The molecule has 1 N–H and O–H groups in total. The van der Waals surface area contributed by atoms with Crippen molar-refractivity contribution in [2.24, 2.45) is 4.99 Å². The maximum Gasteiger partial charge on any atom is 0.348 e. The molecule has 2 heterocycles. The van der Waals surface area contributed by atoms with E-state index in [1.165, 1.54) is 30.0 Å². The Hall–Kier alpha value is -3.39. The minimum Gasteiger partial charge on any atom is -0.507 e. The Labute approximate surface area is 169 Å². The Balaban J connectivity index is 1.78. The molecule has 8 heteroatoms. The van der Waals surface area contributed by atoms with E-state index < -0.39 is 10.5 Å². The lowest BCUT2D eigenvalue weighted by Gasteiger charge is -2.24. The third-order valence-electron chi connectivity index (χ3n) is 4.56. The summed E-state index contributed by atoms with van der Waals surface area (Å²) in [6, 6.07) is 15.2. The second kappa shape index (κ2) is 7.56. The van der Waals surface area contributed by atoms with E-state index in [-0.39, 0.29) is 22.3 Å². The SMILES string of the molecule is Cc1cc(O)c(C2=Nc3ccccc3SC2Cc2ccc([N+](=O)[O-])cc2)c(=O)o1. The number of aliphatic imine (C=N–C) groups is 1. The summed E-state index contributed by atoms with van der Waals surface area (Å²) < 4.78 is 5.19. The molecule has 0 spiro atoms. The normalized spacial score (nSPS) is 15.5. The van der Waals surface area contributed by atoms with Crippen molar-refractivity contribution in [3.8, 4) is 5.75 Å². The number of fused-ring (bicyclic) bond motifs is 1. The Morgan fingerprint density at radius 1 is 1.21 bits per heavy atom. The number of rotatable bonds is 4. The molecular formula is C21H16N2O5S. The largest absolute Gasteiger partial charge is 0.507 e. The van der Waals surface area contributed by atoms with Crippen molar-refractivity contribution in [1.29, 1.82) is 0 Å². The molecule has 0 amide bonds. The molecule has 1 aliphatic heterocycles. The minimum atomic E-state index is -0.644. The molecular weight excluding hydrogens is 392 g/mol. The second-order valence-corrected chi connectivity index (χ2v) is 7.85. The zero-order chi connectivity index (χ0) is 20.5. The first-order valence-electron chi connectivity index (χ1n) is 8.84. The molecule has 0 saturated carbocycles. The molecule has 0 fully saturated rings. The number of benzene rings is 2. The number of non-ortho nitro benzene ring substituents is 1. The van der Waals surface area contributed by atoms with Gasteiger partial charge in [0, 0.05) is 23.1 Å². The van der Waals surface area contributed by atoms with Gasteiger partial charge >= 0.3 is 5.63 Å². The quantitative estimate of drug-likeness (QED) is 0.507. The highest BCUT2D eigenvalue weighted by Gasteiger charge is 2.30. The zero-order valence-corrected chi connectivity index (χ0v) is 16.2. The number of hydrogen-bond acceptors (Lipinski definition) is 7. The van der Waals surface area contributed by atoms with Gasteiger partial charge in [0.15, 0.2) is 0 Å². The molecule has 4 rings (SSSR count). The van der Waals surface area contributed by atoms with Gasteiger partial charge in [-0.05, 0) is 31.0 Å². The molecule has 0 saturated heterocycles. The number of aromatic hydroxyl groups is 1. The average molecular weight is 408 g/mol. The molecule has 0 radical (unpaired) electrons. The lowest BCUT2D eigenvalue weighted by atomic mass is 10.0. The highest BCUT2D eigenvalue weighted by Crippen LogP contribution is 2.41. The van der Waals surface area contributed by atoms with E-state index in [0.29, 0.717) is 23.6 Å². The van der Waals surface area contributed by atoms with Crippen LogP contribution in [-0.4, -0.2) is 21.0 Å². The summed E-state index contributed by atoms with van der Waals surface area (Å²) in [6.07, 6.45) is 0.475. The Kier molecular flexibility index (Phi) is 4.94. The number of hydrogen-bond donors (Lipinski definition) is 1. The molecule has 7 nitrogen and oxygen atoms in total. The Bertz CT molecular complexity index is 1180. The first kappa shape index (κ1) is 18.9. The number of para-hydroxylation sites is 1. The fraction of sp³-hybridized carbons (Fsp3) is 0.143. The van der Waals surface area contributed by atoms with Crippen LogP contribution < -0.4 is 5.63 Å². The van der Waals surface area contributed by atoms with Crippen LogP contribution in [0.25, 0.3) is 0 Å². The third-order valence-corrected chi connectivity index (χ3v) is 5.83. The summed E-state index contributed by atoms with van der Waals surface area (Å²) in [5.74, 6) is 0.138. The van der Waals surface area contributed by atoms with Gasteiger partial charge in [-0.15, -0.1) is 11.8 Å². The van der Waals surface area contributed by atoms with Crippen LogP contribution in [0.2, 0.25) is 0 Å². The fourth-order valence-electron chi connectivity index (χ4n) is 3.21. The molecule has 3 aromatic rings. The summed E-state index contributed by atoms with van der Waals surface area (Å²) in [5.41, 5.74) is 1.42. The van der Waals surface area contributed by atoms with Crippen LogP contribution in [0.4, 0.5) is 11.4 Å². The monoisotopic (exact) mass is 408 g/mol. The number of aryl methyl sites for hydroxylation is 1. The van der Waals surface area contributed by atoms with Crippen LogP contribution in [0.1, 0.15) is 16.9 Å². The van der Waals surface area contributed by atoms with Gasteiger partial charge in [0.25, 0.3) is 5.69 Å². The molecule has 29 heavy (non-hydrogen) atoms. The lowest BCUT2D eigenvalue weighted by molar-refractivity contribution is -0.384. The van der Waals surface area contributed by atoms with Crippen LogP contribution in [0.15, 0.2) is 73.7 Å². The maximum absolute atomic E-state index is 12.5. The van der Waals surface area contributed by atoms with Crippen LogP contribution in [0.3, 0.4) is 0 Å². The highest BCUT2D eigenvalue weighted by atomic mass is 32.2. The Morgan fingerprint density at radius 3 is 2.62 bits per heavy atom. The summed E-state index contributed by atoms with van der Waals surface area (Å²) >= 11 is 1.53. The molecule has 1 atom stereocenters. The van der Waals surface area contributed by atoms with E-state index in [9.17, 15) is 20.0 Å². The molecule has 0 aliphatic carbocycles. The van der Waals surface area contributed by atoms with Gasteiger partial charge < -0.3 is 9.52 Å². The predicted molar refractivity (Wildman–Crippen MR) is 110 cm³/mol. The van der Waals surface area contributed by atoms with E-state index in [1.807, 2.05) is 24.3 Å². The number of nitrogens with zero attached hydrogens (tertiary/aromatic N) is 2. The van der Waals surface area contributed by atoms with Crippen molar-refractivity contribution in [2.45, 2.75) is 23.5 Å². The number of thioether (sulfide) groups is 1. The minimum absolute atomic E-state index is 0.0149. The first-order chi connectivity index (χ1) is 13.9. The fourth-order valence-corrected chi connectivity index (χ4v) is 4.47. The molecule has 1 aliphatic rings. The van der Waals surface area contributed by atoms with Gasteiger partial charge in [-0.1, -0.05) is 24.3 Å². The lowest BCUT2D eigenvalue weighted by Crippen LogP contribution is -2.28. The zero-order valence-electron chi connectivity index (χ0n) is 15.4. The second-order valence-electron chi connectivity index (χ2n) is 6.60. The van der Waals surface area contributed by atoms with E-state index in [4.69, 9.17) is 4.42 Å². The molecule has 1 unspecified atom stereocenters. The van der Waals surface area contributed by atoms with E-state index >= 15 is 0 Å². The topological polar surface area (TPSA) is 106 Å². The van der Waals surface area contributed by atoms with Crippen molar-refractivity contribution in [3.05, 3.63) is 92.0 Å². The van der Waals surface area contributed by atoms with E-state index in [1.54, 1.807) is 19.1 Å². The Morgan fingerprint density at radius 2 is 1.93 bits per heavy atom. The van der Waals surface area contributed by atoms with Crippen molar-refractivity contribution >= 4 is 28.8 Å². The first-order valence-corrected chi connectivity index (χ1v) is 9.72. The molecule has 146 valence electrons. The summed E-state index contributed by atoms with van der Waals surface area (Å²) in [7, 11) is 0. The van der Waals surface area contributed by atoms with Gasteiger partial charge in [0.05, 0.1) is 21.6 Å².